The van der Waals surface area contributed by atoms with Crippen molar-refractivity contribution in [3.63, 3.8) is 0 Å². The molecule has 0 aliphatic rings. The van der Waals surface area contributed by atoms with E-state index in [1.165, 1.54) is 0 Å². The molecule has 0 saturated carbocycles. The quantitative estimate of drug-likeness (QED) is 0.289. The molecule has 0 heterocycles. The minimum atomic E-state index is -4.80. The van der Waals surface area contributed by atoms with Gasteiger partial charge in [-0.1, -0.05) is 0 Å². The molecular formula is C2H5CaFNO3P. The number of halogens is 1. The smallest absolute Gasteiger partial charge is 0.799 e. The van der Waals surface area contributed by atoms with Gasteiger partial charge in [-0.05, 0) is 7.05 Å². The zero-order valence-corrected chi connectivity index (χ0v) is 8.01. The van der Waals surface area contributed by atoms with Gasteiger partial charge >= 0.3 is 37.7 Å². The second-order valence-electron chi connectivity index (χ2n) is 1.25. The van der Waals surface area contributed by atoms with Gasteiger partial charge < -0.3 is 14.4 Å². The fourth-order valence-electron chi connectivity index (χ4n) is 0.0655. The van der Waals surface area contributed by atoms with Gasteiger partial charge in [0.25, 0.3) is 0 Å². The van der Waals surface area contributed by atoms with E-state index in [-0.39, 0.29) is 42.4 Å². The van der Waals surface area contributed by atoms with Crippen LogP contribution in [0.25, 0.3) is 0 Å². The number of rotatable bonds is 2. The van der Waals surface area contributed by atoms with Crippen LogP contribution >= 0.6 is 7.75 Å². The van der Waals surface area contributed by atoms with Crippen LogP contribution in [-0.4, -0.2) is 56.3 Å². The summed E-state index contributed by atoms with van der Waals surface area (Å²) < 4.78 is 21.0. The first kappa shape index (κ1) is 12.9. The average Bonchev–Trinajstić information content (AvgIpc) is 1.62. The molecule has 0 aromatic carbocycles. The summed E-state index contributed by atoms with van der Waals surface area (Å²) in [7, 11) is -3.92. The third-order valence-electron chi connectivity index (χ3n) is 0.591. The summed E-state index contributed by atoms with van der Waals surface area (Å²) in [6, 6.07) is 0. The Morgan fingerprint density at radius 1 is 1.67 bits per heavy atom. The summed E-state index contributed by atoms with van der Waals surface area (Å²) in [6.45, 7) is -1.26. The second kappa shape index (κ2) is 5.02. The maximum atomic E-state index is 11.2. The maximum absolute atomic E-state index is 11.2. The summed E-state index contributed by atoms with van der Waals surface area (Å²) in [5, 5.41) is 0. The van der Waals surface area contributed by atoms with E-state index in [0.29, 0.717) is 0 Å². The Bertz CT molecular complexity index is 116. The molecular weight excluding hydrogens is 176 g/mol. The number of nitrogens with zero attached hydrogens (tertiary/aromatic N) is 1. The Hall–Kier alpha value is 1.30. The van der Waals surface area contributed by atoms with Crippen molar-refractivity contribution in [3.05, 3.63) is 0 Å². The molecule has 0 amide bonds. The van der Waals surface area contributed by atoms with E-state index in [1.807, 2.05) is 0 Å². The van der Waals surface area contributed by atoms with Crippen molar-refractivity contribution < 1.29 is 18.7 Å². The summed E-state index contributed by atoms with van der Waals surface area (Å²) in [5.41, 5.74) is 0. The molecule has 0 fully saturated rings. The molecule has 50 valence electrons. The van der Waals surface area contributed by atoms with Crippen LogP contribution in [-0.2, 0) is 4.57 Å². The fourth-order valence-corrected chi connectivity index (χ4v) is 0.196. The topological polar surface area (TPSA) is 66.4 Å². The number of hydrogen-bond acceptors (Lipinski definition) is 3. The maximum Gasteiger partial charge on any atom is 2.00 e. The van der Waals surface area contributed by atoms with Crippen molar-refractivity contribution in [2.75, 3.05) is 13.8 Å². The summed E-state index contributed by atoms with van der Waals surface area (Å²) >= 11 is 0. The number of alkyl halides is 1. The molecule has 0 rings (SSSR count). The van der Waals surface area contributed by atoms with E-state index in [9.17, 15) is 18.7 Å². The van der Waals surface area contributed by atoms with Crippen LogP contribution < -0.4 is 9.79 Å². The Morgan fingerprint density at radius 2 is 2.00 bits per heavy atom. The largest absolute Gasteiger partial charge is 2.00 e. The first-order valence-electron chi connectivity index (χ1n) is 1.78. The van der Waals surface area contributed by atoms with Gasteiger partial charge in [0.2, 0.25) is 0 Å². The van der Waals surface area contributed by atoms with E-state index < -0.39 is 14.5 Å². The Labute approximate surface area is 82.3 Å². The van der Waals surface area contributed by atoms with Crippen LogP contribution in [0.4, 0.5) is 4.39 Å². The van der Waals surface area contributed by atoms with Gasteiger partial charge in [0.05, 0.1) is 0 Å². The van der Waals surface area contributed by atoms with Gasteiger partial charge in [-0.15, -0.1) is 0 Å². The Morgan fingerprint density at radius 3 is 2.00 bits per heavy atom. The predicted octanol–water partition coefficient (Wildman–Crippen LogP) is -1.71. The zero-order chi connectivity index (χ0) is 6.78. The summed E-state index contributed by atoms with van der Waals surface area (Å²) in [4.78, 5) is 19.4. The van der Waals surface area contributed by atoms with E-state index >= 15 is 0 Å². The molecule has 0 aromatic heterocycles. The monoisotopic (exact) mass is 181 g/mol. The van der Waals surface area contributed by atoms with E-state index in [0.717, 1.165) is 7.05 Å². The van der Waals surface area contributed by atoms with Gasteiger partial charge in [0.15, 0.2) is 0 Å². The third kappa shape index (κ3) is 5.73. The van der Waals surface area contributed by atoms with Crippen LogP contribution in [0.15, 0.2) is 0 Å². The van der Waals surface area contributed by atoms with Gasteiger partial charge in [0, 0.05) is 7.75 Å². The molecule has 0 unspecified atom stereocenters. The van der Waals surface area contributed by atoms with Crippen molar-refractivity contribution in [3.8, 4) is 0 Å². The number of hydrogen-bond donors (Lipinski definition) is 0. The van der Waals surface area contributed by atoms with E-state index in [1.54, 1.807) is 0 Å². The minimum absolute atomic E-state index is 0. The average molecular weight is 181 g/mol. The van der Waals surface area contributed by atoms with Crippen molar-refractivity contribution in [1.29, 1.82) is 0 Å². The second-order valence-corrected chi connectivity index (χ2v) is 2.87. The van der Waals surface area contributed by atoms with Crippen LogP contribution in [0.2, 0.25) is 0 Å². The molecule has 0 radical (unpaired) electrons. The predicted molar refractivity (Wildman–Crippen MR) is 27.1 cm³/mol. The van der Waals surface area contributed by atoms with E-state index in [4.69, 9.17) is 0 Å². The van der Waals surface area contributed by atoms with Crippen LogP contribution in [0, 0.1) is 0 Å². The molecule has 0 aliphatic carbocycles. The first-order valence-corrected chi connectivity index (χ1v) is 3.27. The van der Waals surface area contributed by atoms with Crippen molar-refractivity contribution in [1.82, 2.24) is 4.67 Å². The molecule has 7 heteroatoms. The minimum Gasteiger partial charge on any atom is -0.799 e. The fraction of sp³-hybridized carbons (Fsp3) is 1.00. The van der Waals surface area contributed by atoms with Crippen LogP contribution in [0.5, 0.6) is 0 Å². The SMILES string of the molecule is CN(CF)P(=O)([O-])[O-].[Ca+2]. The molecule has 0 spiro atoms. The zero-order valence-electron chi connectivity index (χ0n) is 4.91. The summed E-state index contributed by atoms with van der Waals surface area (Å²) in [5.74, 6) is 0. The Balaban J connectivity index is 0. The molecule has 0 bridgehead atoms. The van der Waals surface area contributed by atoms with Crippen LogP contribution in [0.3, 0.4) is 0 Å². The molecule has 4 nitrogen and oxygen atoms in total. The molecule has 0 N–H and O–H groups in total. The van der Waals surface area contributed by atoms with Gasteiger partial charge in [0.1, 0.15) is 6.80 Å². The van der Waals surface area contributed by atoms with Gasteiger partial charge in [-0.2, -0.15) is 0 Å². The Kier molecular flexibility index (Phi) is 7.21. The molecule has 0 saturated heterocycles. The molecule has 0 aliphatic heterocycles. The normalized spacial score (nSPS) is 11.2. The van der Waals surface area contributed by atoms with E-state index in [2.05, 4.69) is 0 Å². The molecule has 0 atom stereocenters. The van der Waals surface area contributed by atoms with Crippen LogP contribution in [0.1, 0.15) is 0 Å². The standard InChI is InChI=1S/C2H7FNO3P.Ca/c1-4(2-3)8(5,6)7;/h2H2,1H3,(H2,5,6,7);/q;+2/p-2. The van der Waals surface area contributed by atoms with Crippen molar-refractivity contribution in [2.45, 2.75) is 0 Å². The summed E-state index contributed by atoms with van der Waals surface area (Å²) in [6.07, 6.45) is 0. The third-order valence-corrected chi connectivity index (χ3v) is 1.53. The first-order chi connectivity index (χ1) is 3.48. The van der Waals surface area contributed by atoms with Gasteiger partial charge in [-0.3, -0.25) is 4.67 Å². The van der Waals surface area contributed by atoms with Crippen molar-refractivity contribution in [2.24, 2.45) is 0 Å². The van der Waals surface area contributed by atoms with Crippen molar-refractivity contribution >= 4 is 45.5 Å². The van der Waals surface area contributed by atoms with Gasteiger partial charge in [-0.25, -0.2) is 4.39 Å². The molecule has 0 aromatic rings. The molecule has 9 heavy (non-hydrogen) atoms.